The predicted molar refractivity (Wildman–Crippen MR) is 94.0 cm³/mol. The maximum absolute atomic E-state index is 6.38. The summed E-state index contributed by atoms with van der Waals surface area (Å²) in [6.07, 6.45) is 3.58. The summed E-state index contributed by atoms with van der Waals surface area (Å²) in [5, 5.41) is 1.35. The average Bonchev–Trinajstić information content (AvgIpc) is 2.97. The third-order valence-electron chi connectivity index (χ3n) is 3.90. The molecule has 0 unspecified atom stereocenters. The number of nitrogens with zero attached hydrogens (tertiary/aromatic N) is 3. The van der Waals surface area contributed by atoms with Gasteiger partial charge in [0.1, 0.15) is 17.1 Å². The minimum absolute atomic E-state index is 0.472. The highest BCUT2D eigenvalue weighted by Gasteiger charge is 2.16. The molecule has 2 aromatic heterocycles. The fraction of sp³-hybridized carbons (Fsp3) is 0.0526. The second kappa shape index (κ2) is 5.52. The molecule has 0 saturated heterocycles. The predicted octanol–water partition coefficient (Wildman–Crippen LogP) is 5.05. The number of aryl methyl sites for hydroxylation is 1. The summed E-state index contributed by atoms with van der Waals surface area (Å²) in [6, 6.07) is 18.5. The molecule has 4 heteroatoms. The molecule has 112 valence electrons. The van der Waals surface area contributed by atoms with Gasteiger partial charge in [-0.05, 0) is 30.2 Å². The van der Waals surface area contributed by atoms with Crippen molar-refractivity contribution in [3.8, 4) is 16.8 Å². The van der Waals surface area contributed by atoms with E-state index in [-0.39, 0.29) is 0 Å². The van der Waals surface area contributed by atoms with E-state index in [2.05, 4.69) is 58.0 Å². The number of benzene rings is 2. The molecule has 3 nitrogen and oxygen atoms in total. The number of hydrogen-bond donors (Lipinski definition) is 0. The van der Waals surface area contributed by atoms with Gasteiger partial charge in [0.2, 0.25) is 0 Å². The summed E-state index contributed by atoms with van der Waals surface area (Å²) in [5.74, 6) is 0. The maximum atomic E-state index is 6.38. The molecule has 0 N–H and O–H groups in total. The van der Waals surface area contributed by atoms with Crippen LogP contribution in [-0.2, 0) is 0 Å². The Balaban J connectivity index is 2.06. The van der Waals surface area contributed by atoms with Gasteiger partial charge in [0.05, 0.1) is 5.39 Å². The highest BCUT2D eigenvalue weighted by atomic mass is 35.5. The molecule has 2 aromatic carbocycles. The third-order valence-corrected chi connectivity index (χ3v) is 4.19. The zero-order chi connectivity index (χ0) is 15.8. The van der Waals surface area contributed by atoms with Gasteiger partial charge in [-0.2, -0.15) is 0 Å². The van der Waals surface area contributed by atoms with E-state index >= 15 is 0 Å². The van der Waals surface area contributed by atoms with Gasteiger partial charge in [-0.15, -0.1) is 0 Å². The summed E-state index contributed by atoms with van der Waals surface area (Å²) >= 11 is 6.38. The van der Waals surface area contributed by atoms with Crippen molar-refractivity contribution in [2.24, 2.45) is 0 Å². The Morgan fingerprint density at radius 1 is 0.957 bits per heavy atom. The maximum Gasteiger partial charge on any atom is 0.150 e. The largest absolute Gasteiger partial charge is 0.301 e. The minimum Gasteiger partial charge on any atom is -0.301 e. The number of halogens is 1. The van der Waals surface area contributed by atoms with E-state index in [0.29, 0.717) is 5.15 Å². The summed E-state index contributed by atoms with van der Waals surface area (Å²) in [5.41, 5.74) is 5.21. The summed E-state index contributed by atoms with van der Waals surface area (Å²) < 4.78 is 2.07. The van der Waals surface area contributed by atoms with E-state index in [9.17, 15) is 0 Å². The monoisotopic (exact) mass is 319 g/mol. The van der Waals surface area contributed by atoms with Crippen molar-refractivity contribution in [2.75, 3.05) is 0 Å². The molecule has 4 aromatic rings. The van der Waals surface area contributed by atoms with Crippen LogP contribution in [0, 0.1) is 6.92 Å². The fourth-order valence-electron chi connectivity index (χ4n) is 2.84. The van der Waals surface area contributed by atoms with Crippen LogP contribution in [0.5, 0.6) is 0 Å². The Hall–Kier alpha value is -2.65. The van der Waals surface area contributed by atoms with Crippen LogP contribution >= 0.6 is 11.6 Å². The van der Waals surface area contributed by atoms with Crippen molar-refractivity contribution in [3.63, 3.8) is 0 Å². The minimum atomic E-state index is 0.472. The molecular formula is C19H14ClN3. The normalized spacial score (nSPS) is 11.0. The molecule has 0 fully saturated rings. The highest BCUT2D eigenvalue weighted by Crippen LogP contribution is 2.34. The van der Waals surface area contributed by atoms with Crippen molar-refractivity contribution in [2.45, 2.75) is 6.92 Å². The lowest BCUT2D eigenvalue weighted by Crippen LogP contribution is -1.94. The van der Waals surface area contributed by atoms with Crippen LogP contribution < -0.4 is 0 Å². The summed E-state index contributed by atoms with van der Waals surface area (Å²) in [4.78, 5) is 8.62. The molecule has 0 spiro atoms. The number of rotatable bonds is 2. The molecule has 4 rings (SSSR count). The van der Waals surface area contributed by atoms with E-state index in [0.717, 1.165) is 27.8 Å². The van der Waals surface area contributed by atoms with Gasteiger partial charge in [0, 0.05) is 17.4 Å². The number of hydrogen-bond acceptors (Lipinski definition) is 2. The SMILES string of the molecule is Cc1cccc(-n2cc(-c3ccccc3)c3c(Cl)ncnc32)c1. The smallest absolute Gasteiger partial charge is 0.150 e. The first kappa shape index (κ1) is 14.0. The molecule has 0 aliphatic heterocycles. The van der Waals surface area contributed by atoms with E-state index in [4.69, 9.17) is 11.6 Å². The van der Waals surface area contributed by atoms with Crippen molar-refractivity contribution in [1.29, 1.82) is 0 Å². The van der Waals surface area contributed by atoms with Crippen LogP contribution in [0.3, 0.4) is 0 Å². The van der Waals surface area contributed by atoms with Gasteiger partial charge in [-0.1, -0.05) is 54.1 Å². The molecule has 0 bridgehead atoms. The first-order valence-corrected chi connectivity index (χ1v) is 7.76. The van der Waals surface area contributed by atoms with Crippen LogP contribution in [-0.4, -0.2) is 14.5 Å². The molecule has 0 aliphatic rings. The van der Waals surface area contributed by atoms with Crippen LogP contribution in [0.2, 0.25) is 5.15 Å². The second-order valence-electron chi connectivity index (χ2n) is 5.48. The Morgan fingerprint density at radius 2 is 1.78 bits per heavy atom. The van der Waals surface area contributed by atoms with Gasteiger partial charge in [-0.25, -0.2) is 9.97 Å². The summed E-state index contributed by atoms with van der Waals surface area (Å²) in [7, 11) is 0. The molecule has 0 radical (unpaired) electrons. The lowest BCUT2D eigenvalue weighted by atomic mass is 10.1. The molecular weight excluding hydrogens is 306 g/mol. The van der Waals surface area contributed by atoms with Gasteiger partial charge in [-0.3, -0.25) is 0 Å². The Morgan fingerprint density at radius 3 is 2.57 bits per heavy atom. The van der Waals surface area contributed by atoms with Gasteiger partial charge >= 0.3 is 0 Å². The van der Waals surface area contributed by atoms with Crippen molar-refractivity contribution < 1.29 is 0 Å². The fourth-order valence-corrected chi connectivity index (χ4v) is 3.07. The molecule has 23 heavy (non-hydrogen) atoms. The number of fused-ring (bicyclic) bond motifs is 1. The molecule has 0 saturated carbocycles. The van der Waals surface area contributed by atoms with Crippen molar-refractivity contribution in [3.05, 3.63) is 77.8 Å². The van der Waals surface area contributed by atoms with Gasteiger partial charge in [0.15, 0.2) is 0 Å². The van der Waals surface area contributed by atoms with Gasteiger partial charge < -0.3 is 4.57 Å². The summed E-state index contributed by atoms with van der Waals surface area (Å²) in [6.45, 7) is 2.08. The molecule has 0 amide bonds. The van der Waals surface area contributed by atoms with E-state index in [1.807, 2.05) is 24.3 Å². The Bertz CT molecular complexity index is 990. The van der Waals surface area contributed by atoms with Crippen molar-refractivity contribution in [1.82, 2.24) is 14.5 Å². The second-order valence-corrected chi connectivity index (χ2v) is 5.84. The standard InChI is InChI=1S/C19H14ClN3/c1-13-6-5-9-15(10-13)23-11-16(14-7-3-2-4-8-14)17-18(20)21-12-22-19(17)23/h2-12H,1H3. The van der Waals surface area contributed by atoms with Gasteiger partial charge in [0.25, 0.3) is 0 Å². The van der Waals surface area contributed by atoms with Crippen LogP contribution in [0.25, 0.3) is 27.8 Å². The topological polar surface area (TPSA) is 30.7 Å². The van der Waals surface area contributed by atoms with Crippen LogP contribution in [0.1, 0.15) is 5.56 Å². The van der Waals surface area contributed by atoms with E-state index in [1.165, 1.54) is 11.9 Å². The lowest BCUT2D eigenvalue weighted by molar-refractivity contribution is 1.07. The zero-order valence-electron chi connectivity index (χ0n) is 12.6. The van der Waals surface area contributed by atoms with Crippen LogP contribution in [0.4, 0.5) is 0 Å². The molecule has 0 aliphatic carbocycles. The number of aromatic nitrogens is 3. The quantitative estimate of drug-likeness (QED) is 0.484. The van der Waals surface area contributed by atoms with E-state index in [1.54, 1.807) is 0 Å². The van der Waals surface area contributed by atoms with E-state index < -0.39 is 0 Å². The Kier molecular flexibility index (Phi) is 3.36. The third kappa shape index (κ3) is 2.39. The zero-order valence-corrected chi connectivity index (χ0v) is 13.3. The highest BCUT2D eigenvalue weighted by molar-refractivity contribution is 6.35. The lowest BCUT2D eigenvalue weighted by Gasteiger charge is -2.05. The molecule has 2 heterocycles. The molecule has 0 atom stereocenters. The Labute approximate surface area is 139 Å². The first-order valence-electron chi connectivity index (χ1n) is 7.38. The average molecular weight is 320 g/mol. The first-order chi connectivity index (χ1) is 11.2. The van der Waals surface area contributed by atoms with Crippen LogP contribution in [0.15, 0.2) is 67.1 Å². The van der Waals surface area contributed by atoms with Crippen molar-refractivity contribution >= 4 is 22.6 Å².